The monoisotopic (exact) mass is 709 g/mol. The molecule has 5 rings (SSSR count). The summed E-state index contributed by atoms with van der Waals surface area (Å²) < 4.78 is 39.2. The normalized spacial score (nSPS) is 17.4. The zero-order valence-corrected chi connectivity index (χ0v) is 28.5. The third-order valence-corrected chi connectivity index (χ3v) is 10.2. The minimum Gasteiger partial charge on any atom is -0.494 e. The van der Waals surface area contributed by atoms with E-state index in [-0.39, 0.29) is 28.8 Å². The molecule has 0 bridgehead atoms. The average Bonchev–Trinajstić information content (AvgIpc) is 3.49. The summed E-state index contributed by atoms with van der Waals surface area (Å²) >= 11 is 12.9. The van der Waals surface area contributed by atoms with E-state index in [2.05, 4.69) is 10.9 Å². The van der Waals surface area contributed by atoms with Crippen LogP contribution in [0.2, 0.25) is 10.0 Å². The average molecular weight is 711 g/mol. The summed E-state index contributed by atoms with van der Waals surface area (Å²) in [5, 5.41) is 9.70. The van der Waals surface area contributed by atoms with E-state index >= 15 is 0 Å². The molecule has 0 saturated heterocycles. The van der Waals surface area contributed by atoms with Crippen molar-refractivity contribution in [2.75, 3.05) is 25.5 Å². The van der Waals surface area contributed by atoms with Crippen molar-refractivity contribution < 1.29 is 27.8 Å². The van der Waals surface area contributed by atoms with Gasteiger partial charge in [0.2, 0.25) is 5.90 Å². The first-order chi connectivity index (χ1) is 23.2. The number of rotatable bonds is 16. The van der Waals surface area contributed by atoms with Gasteiger partial charge >= 0.3 is 0 Å². The van der Waals surface area contributed by atoms with Gasteiger partial charge in [0.25, 0.3) is 5.91 Å². The molecule has 1 amide bonds. The maximum atomic E-state index is 14.3. The van der Waals surface area contributed by atoms with E-state index in [4.69, 9.17) is 42.8 Å². The Morgan fingerprint density at radius 1 is 0.938 bits per heavy atom. The lowest BCUT2D eigenvalue weighted by molar-refractivity contribution is -0.130. The summed E-state index contributed by atoms with van der Waals surface area (Å²) in [5.74, 6) is -0.233. The van der Waals surface area contributed by atoms with E-state index in [0.29, 0.717) is 41.5 Å². The number of hydrogen-bond acceptors (Lipinski definition) is 8. The Kier molecular flexibility index (Phi) is 12.1. The van der Waals surface area contributed by atoms with Crippen LogP contribution in [0, 0.1) is 0 Å². The molecule has 0 aromatic heterocycles. The Balaban J connectivity index is 1.48. The third kappa shape index (κ3) is 8.75. The van der Waals surface area contributed by atoms with E-state index in [1.165, 1.54) is 17.7 Å². The number of aryl methyl sites for hydroxylation is 1. The molecule has 0 saturated carbocycles. The maximum Gasteiger partial charge on any atom is 0.266 e. The predicted octanol–water partition coefficient (Wildman–Crippen LogP) is 6.13. The van der Waals surface area contributed by atoms with Crippen molar-refractivity contribution in [1.29, 1.82) is 0 Å². The minimum absolute atomic E-state index is 0.0173. The van der Waals surface area contributed by atoms with Gasteiger partial charge in [0.05, 0.1) is 17.3 Å². The fourth-order valence-electron chi connectivity index (χ4n) is 5.37. The Morgan fingerprint density at radius 3 is 2.33 bits per heavy atom. The predicted molar refractivity (Wildman–Crippen MR) is 187 cm³/mol. The largest absolute Gasteiger partial charge is 0.494 e. The first-order valence-corrected chi connectivity index (χ1v) is 18.0. The zero-order chi connectivity index (χ0) is 34.0. The first-order valence-electron chi connectivity index (χ1n) is 15.6. The molecular formula is C36H37Cl2N3O6S. The number of ether oxygens (including phenoxy) is 2. The number of amides is 1. The second-order valence-electron chi connectivity index (χ2n) is 11.3. The summed E-state index contributed by atoms with van der Waals surface area (Å²) in [5.41, 5.74) is 6.21. The lowest BCUT2D eigenvalue weighted by Gasteiger charge is -2.31. The molecule has 0 aliphatic carbocycles. The van der Waals surface area contributed by atoms with Crippen LogP contribution < -0.4 is 15.6 Å². The number of nitrogens with one attached hydrogen (secondary N) is 2. The van der Waals surface area contributed by atoms with Crippen LogP contribution in [0.25, 0.3) is 0 Å². The number of hydrazine groups is 1. The van der Waals surface area contributed by atoms with Crippen LogP contribution in [-0.2, 0) is 25.8 Å². The summed E-state index contributed by atoms with van der Waals surface area (Å²) in [7, 11) is -3.81. The zero-order valence-electron chi connectivity index (χ0n) is 26.1. The Labute approximate surface area is 290 Å². The van der Waals surface area contributed by atoms with Crippen LogP contribution in [0.1, 0.15) is 42.1 Å². The number of aliphatic imine (C=N–C) groups is 1. The number of halogens is 2. The van der Waals surface area contributed by atoms with Crippen molar-refractivity contribution in [3.05, 3.63) is 130 Å². The van der Waals surface area contributed by atoms with Gasteiger partial charge in [0.1, 0.15) is 5.75 Å². The molecule has 1 aliphatic rings. The molecule has 0 fully saturated rings. The fraction of sp³-hybridized carbons (Fsp3) is 0.278. The molecular weight excluding hydrogens is 673 g/mol. The van der Waals surface area contributed by atoms with E-state index in [1.54, 1.807) is 60.7 Å². The van der Waals surface area contributed by atoms with Crippen LogP contribution in [0.5, 0.6) is 5.75 Å². The van der Waals surface area contributed by atoms with Crippen molar-refractivity contribution in [2.45, 2.75) is 42.2 Å². The van der Waals surface area contributed by atoms with Gasteiger partial charge in [-0.15, -0.1) is 0 Å². The molecule has 2 atom stereocenters. The Hall–Kier alpha value is -3.93. The van der Waals surface area contributed by atoms with Crippen LogP contribution >= 0.6 is 23.2 Å². The number of aliphatic hydroxyl groups excluding tert-OH is 1. The van der Waals surface area contributed by atoms with Crippen LogP contribution in [0.15, 0.2) is 113 Å². The third-order valence-electron chi connectivity index (χ3n) is 7.94. The smallest absolute Gasteiger partial charge is 0.266 e. The highest BCUT2D eigenvalue weighted by atomic mass is 35.5. The van der Waals surface area contributed by atoms with Gasteiger partial charge in [0, 0.05) is 47.2 Å². The van der Waals surface area contributed by atoms with Gasteiger partial charge in [-0.25, -0.2) is 18.8 Å². The first kappa shape index (κ1) is 35.4. The minimum atomic E-state index is -3.81. The van der Waals surface area contributed by atoms with Crippen molar-refractivity contribution in [2.24, 2.45) is 4.99 Å². The van der Waals surface area contributed by atoms with Crippen LogP contribution in [0.4, 0.5) is 0 Å². The van der Waals surface area contributed by atoms with Crippen LogP contribution in [-0.4, -0.2) is 56.4 Å². The lowest BCUT2D eigenvalue weighted by atomic mass is 9.85. The molecule has 0 radical (unpaired) electrons. The number of aliphatic hydroxyl groups is 1. The van der Waals surface area contributed by atoms with Crippen molar-refractivity contribution in [3.63, 3.8) is 0 Å². The second-order valence-corrected chi connectivity index (χ2v) is 14.3. The second kappa shape index (κ2) is 16.5. The molecule has 252 valence electrons. The molecule has 3 N–H and O–H groups in total. The van der Waals surface area contributed by atoms with E-state index < -0.39 is 33.1 Å². The number of benzene rings is 4. The number of sulfone groups is 1. The molecule has 48 heavy (non-hydrogen) atoms. The SMILES string of the molecule is O=C(NNCCCc1ccccc1)[C@@]1(CCS(=O)(=O)c2ccccc2)N=C(c2ccc(OCCCO)cc2)O[C@H]1c1ccc(Cl)cc1Cl. The van der Waals surface area contributed by atoms with Gasteiger partial charge in [-0.3, -0.25) is 10.2 Å². The fourth-order valence-corrected chi connectivity index (χ4v) is 7.27. The highest BCUT2D eigenvalue weighted by molar-refractivity contribution is 7.91. The van der Waals surface area contributed by atoms with E-state index in [0.717, 1.165) is 12.8 Å². The molecule has 4 aromatic rings. The highest BCUT2D eigenvalue weighted by Crippen LogP contribution is 2.45. The van der Waals surface area contributed by atoms with E-state index in [9.17, 15) is 13.2 Å². The maximum absolute atomic E-state index is 14.3. The van der Waals surface area contributed by atoms with E-state index in [1.807, 2.05) is 30.3 Å². The number of nitrogens with zero attached hydrogens (tertiary/aromatic N) is 1. The quantitative estimate of drug-likeness (QED) is 0.0944. The van der Waals surface area contributed by atoms with Crippen LogP contribution in [0.3, 0.4) is 0 Å². The molecule has 0 unspecified atom stereocenters. The molecule has 1 heterocycles. The summed E-state index contributed by atoms with van der Waals surface area (Å²) in [4.78, 5) is 19.3. The number of hydrogen-bond donors (Lipinski definition) is 3. The van der Waals surface area contributed by atoms with Gasteiger partial charge < -0.3 is 14.6 Å². The van der Waals surface area contributed by atoms with Crippen molar-refractivity contribution in [3.8, 4) is 5.75 Å². The topological polar surface area (TPSA) is 126 Å². The standard InChI is InChI=1S/C36H37Cl2N3O6S/c37-28-16-19-31(32(38)25-28)33-36(20-24-48(44,45)30-12-5-2-6-13-30,35(43)41-39-21-7-11-26-9-3-1-4-10-26)40-34(47-33)27-14-17-29(18-15-27)46-23-8-22-42/h1-6,9-10,12-19,25,33,39,42H,7-8,11,20-24H2,(H,41,43)/t33-,36-/m0/s1. The van der Waals surface area contributed by atoms with Gasteiger partial charge in [-0.2, -0.15) is 0 Å². The number of carbonyl (C=O) groups excluding carboxylic acids is 1. The Bertz CT molecular complexity index is 1810. The molecule has 0 spiro atoms. The molecule has 9 nitrogen and oxygen atoms in total. The lowest BCUT2D eigenvalue weighted by Crippen LogP contribution is -2.53. The van der Waals surface area contributed by atoms with Gasteiger partial charge in [-0.05, 0) is 66.9 Å². The van der Waals surface area contributed by atoms with Crippen molar-refractivity contribution in [1.82, 2.24) is 10.9 Å². The summed E-state index contributed by atoms with van der Waals surface area (Å²) in [6.07, 6.45) is 0.736. The number of carbonyl (C=O) groups is 1. The Morgan fingerprint density at radius 2 is 1.65 bits per heavy atom. The van der Waals surface area contributed by atoms with Crippen molar-refractivity contribution >= 4 is 44.8 Å². The molecule has 12 heteroatoms. The van der Waals surface area contributed by atoms with Gasteiger partial charge in [-0.1, -0.05) is 77.8 Å². The summed E-state index contributed by atoms with van der Waals surface area (Å²) in [6.45, 7) is 0.825. The molecule has 4 aromatic carbocycles. The summed E-state index contributed by atoms with van der Waals surface area (Å²) in [6, 6.07) is 29.9. The van der Waals surface area contributed by atoms with Gasteiger partial charge in [0.15, 0.2) is 21.5 Å². The molecule has 1 aliphatic heterocycles. The highest BCUT2D eigenvalue weighted by Gasteiger charge is 2.54.